The molecule has 0 aromatic heterocycles. The highest BCUT2D eigenvalue weighted by Gasteiger charge is 2.01. The number of unbranched alkanes of at least 4 members (excludes halogenated alkanes) is 4. The highest BCUT2D eigenvalue weighted by Crippen LogP contribution is 2.12. The molecule has 0 aliphatic heterocycles. The van der Waals surface area contributed by atoms with Crippen LogP contribution in [-0.2, 0) is 12.8 Å². The first-order valence-corrected chi connectivity index (χ1v) is 10.2. The van der Waals surface area contributed by atoms with Gasteiger partial charge in [0, 0.05) is 0 Å². The third-order valence-electron chi connectivity index (χ3n) is 4.63. The number of hydrogen-bond acceptors (Lipinski definition) is 2. The van der Waals surface area contributed by atoms with Crippen LogP contribution < -0.4 is 0 Å². The van der Waals surface area contributed by atoms with Gasteiger partial charge in [-0.2, -0.15) is 10.2 Å². The molecule has 0 aliphatic carbocycles. The van der Waals surface area contributed by atoms with Crippen molar-refractivity contribution in [1.29, 1.82) is 0 Å². The van der Waals surface area contributed by atoms with Gasteiger partial charge in [0.15, 0.2) is 0 Å². The zero-order valence-electron chi connectivity index (χ0n) is 16.6. The molecule has 0 saturated carbocycles. The second-order valence-electron chi connectivity index (χ2n) is 7.00. The van der Waals surface area contributed by atoms with Gasteiger partial charge in [-0.05, 0) is 47.6 Å². The lowest BCUT2D eigenvalue weighted by molar-refractivity contribution is 0.607. The molecule has 0 unspecified atom stereocenters. The number of hydrogen-bond donors (Lipinski definition) is 0. The molecule has 0 bridgehead atoms. The predicted molar refractivity (Wildman–Crippen MR) is 114 cm³/mol. The summed E-state index contributed by atoms with van der Waals surface area (Å²) in [6.07, 6.45) is 12.7. The van der Waals surface area contributed by atoms with E-state index in [9.17, 15) is 4.39 Å². The lowest BCUT2D eigenvalue weighted by atomic mass is 10.0. The van der Waals surface area contributed by atoms with Crippen molar-refractivity contribution in [2.24, 2.45) is 10.2 Å². The van der Waals surface area contributed by atoms with Gasteiger partial charge in [0.05, 0.1) is 12.4 Å². The number of aryl methyl sites for hydroxylation is 2. The van der Waals surface area contributed by atoms with Crippen molar-refractivity contribution >= 4 is 12.4 Å². The lowest BCUT2D eigenvalue weighted by Gasteiger charge is -2.02. The van der Waals surface area contributed by atoms with Gasteiger partial charge in [-0.15, -0.1) is 0 Å². The van der Waals surface area contributed by atoms with Crippen LogP contribution in [0.15, 0.2) is 52.7 Å². The third-order valence-corrected chi connectivity index (χ3v) is 4.63. The van der Waals surface area contributed by atoms with Crippen molar-refractivity contribution in [3.63, 3.8) is 0 Å². The zero-order chi connectivity index (χ0) is 19.3. The molecule has 0 fully saturated rings. The fraction of sp³-hybridized carbons (Fsp3) is 0.417. The van der Waals surface area contributed by atoms with Crippen molar-refractivity contribution in [3.05, 3.63) is 70.5 Å². The molecular weight excluding hydrogens is 335 g/mol. The van der Waals surface area contributed by atoms with Gasteiger partial charge in [0.25, 0.3) is 0 Å². The van der Waals surface area contributed by atoms with Crippen molar-refractivity contribution in [1.82, 2.24) is 0 Å². The van der Waals surface area contributed by atoms with Gasteiger partial charge in [-0.25, -0.2) is 4.39 Å². The first-order chi connectivity index (χ1) is 13.2. The third kappa shape index (κ3) is 7.86. The van der Waals surface area contributed by atoms with Crippen LogP contribution in [0.2, 0.25) is 0 Å². The summed E-state index contributed by atoms with van der Waals surface area (Å²) in [6, 6.07) is 13.7. The molecule has 2 aromatic rings. The molecule has 0 spiro atoms. The lowest BCUT2D eigenvalue weighted by Crippen LogP contribution is -1.92. The second kappa shape index (κ2) is 12.2. The summed E-state index contributed by atoms with van der Waals surface area (Å²) in [5.41, 5.74) is 3.87. The normalized spacial score (nSPS) is 11.7. The summed E-state index contributed by atoms with van der Waals surface area (Å²) < 4.78 is 13.9. The molecule has 0 heterocycles. The Bertz CT molecular complexity index is 733. The van der Waals surface area contributed by atoms with Gasteiger partial charge in [-0.3, -0.25) is 0 Å². The Hall–Kier alpha value is -2.29. The van der Waals surface area contributed by atoms with Crippen molar-refractivity contribution in [3.8, 4) is 0 Å². The minimum absolute atomic E-state index is 0.171. The molecule has 0 N–H and O–H groups in total. The molecule has 0 atom stereocenters. The van der Waals surface area contributed by atoms with E-state index < -0.39 is 0 Å². The Morgan fingerprint density at radius 3 is 2.07 bits per heavy atom. The van der Waals surface area contributed by atoms with Crippen LogP contribution >= 0.6 is 0 Å². The number of rotatable bonds is 11. The fourth-order valence-corrected chi connectivity index (χ4v) is 3.02. The van der Waals surface area contributed by atoms with E-state index in [4.69, 9.17) is 0 Å². The largest absolute Gasteiger partial charge is 0.207 e. The first-order valence-electron chi connectivity index (χ1n) is 10.2. The van der Waals surface area contributed by atoms with E-state index in [0.717, 1.165) is 36.0 Å². The number of benzene rings is 2. The Morgan fingerprint density at radius 2 is 1.41 bits per heavy atom. The Balaban J connectivity index is 1.81. The minimum atomic E-state index is -0.171. The monoisotopic (exact) mass is 366 g/mol. The Morgan fingerprint density at radius 1 is 0.741 bits per heavy atom. The maximum Gasteiger partial charge on any atom is 0.127 e. The standard InChI is InChI=1S/C24H31FN2/c1-3-5-6-7-8-10-20-11-13-21(14-12-20)18-26-27-19-22-15-16-23(9-4-2)24(25)17-22/h11-19H,3-10H2,1-2H3. The summed E-state index contributed by atoms with van der Waals surface area (Å²) in [7, 11) is 0. The van der Waals surface area contributed by atoms with E-state index in [1.165, 1.54) is 43.7 Å². The van der Waals surface area contributed by atoms with Gasteiger partial charge < -0.3 is 0 Å². The summed E-state index contributed by atoms with van der Waals surface area (Å²) in [6.45, 7) is 4.29. The molecule has 3 heteroatoms. The quantitative estimate of drug-likeness (QED) is 0.239. The van der Waals surface area contributed by atoms with Crippen LogP contribution in [-0.4, -0.2) is 12.4 Å². The molecule has 27 heavy (non-hydrogen) atoms. The average Bonchev–Trinajstić information content (AvgIpc) is 2.68. The fourth-order valence-electron chi connectivity index (χ4n) is 3.02. The number of halogens is 1. The van der Waals surface area contributed by atoms with Crippen LogP contribution in [0.4, 0.5) is 4.39 Å². The van der Waals surface area contributed by atoms with E-state index in [1.807, 2.05) is 19.1 Å². The van der Waals surface area contributed by atoms with Crippen molar-refractivity contribution < 1.29 is 4.39 Å². The second-order valence-corrected chi connectivity index (χ2v) is 7.00. The molecule has 0 saturated heterocycles. The molecular formula is C24H31FN2. The van der Waals surface area contributed by atoms with Gasteiger partial charge in [-0.1, -0.05) is 82.3 Å². The van der Waals surface area contributed by atoms with Gasteiger partial charge >= 0.3 is 0 Å². The Kier molecular flexibility index (Phi) is 9.47. The van der Waals surface area contributed by atoms with E-state index in [2.05, 4.69) is 41.4 Å². The molecule has 0 amide bonds. The SMILES string of the molecule is CCCCCCCc1ccc(C=NN=Cc2ccc(CCC)c(F)c2)cc1. The molecule has 2 rings (SSSR count). The Labute approximate surface area is 163 Å². The minimum Gasteiger partial charge on any atom is -0.207 e. The van der Waals surface area contributed by atoms with Crippen LogP contribution in [0, 0.1) is 5.82 Å². The van der Waals surface area contributed by atoms with Crippen molar-refractivity contribution in [2.45, 2.75) is 65.2 Å². The summed E-state index contributed by atoms with van der Waals surface area (Å²) in [5.74, 6) is -0.171. The van der Waals surface area contributed by atoms with E-state index in [0.29, 0.717) is 0 Å². The predicted octanol–water partition coefficient (Wildman–Crippen LogP) is 6.74. The maximum atomic E-state index is 13.9. The molecule has 2 aromatic carbocycles. The average molecular weight is 367 g/mol. The summed E-state index contributed by atoms with van der Waals surface area (Å²) >= 11 is 0. The van der Waals surface area contributed by atoms with Crippen LogP contribution in [0.1, 0.15) is 74.6 Å². The topological polar surface area (TPSA) is 24.7 Å². The smallest absolute Gasteiger partial charge is 0.127 e. The van der Waals surface area contributed by atoms with Crippen LogP contribution in [0.25, 0.3) is 0 Å². The first kappa shape index (κ1) is 21.0. The van der Waals surface area contributed by atoms with Crippen LogP contribution in [0.5, 0.6) is 0 Å². The summed E-state index contributed by atoms with van der Waals surface area (Å²) in [4.78, 5) is 0. The molecule has 144 valence electrons. The molecule has 0 aliphatic rings. The highest BCUT2D eigenvalue weighted by atomic mass is 19.1. The summed E-state index contributed by atoms with van der Waals surface area (Å²) in [5, 5.41) is 8.10. The van der Waals surface area contributed by atoms with E-state index in [1.54, 1.807) is 12.4 Å². The van der Waals surface area contributed by atoms with E-state index >= 15 is 0 Å². The van der Waals surface area contributed by atoms with Gasteiger partial charge in [0.2, 0.25) is 0 Å². The van der Waals surface area contributed by atoms with Gasteiger partial charge in [0.1, 0.15) is 5.82 Å². The maximum absolute atomic E-state index is 13.9. The van der Waals surface area contributed by atoms with E-state index in [-0.39, 0.29) is 5.82 Å². The highest BCUT2D eigenvalue weighted by molar-refractivity contribution is 5.82. The van der Waals surface area contributed by atoms with Crippen molar-refractivity contribution in [2.75, 3.05) is 0 Å². The zero-order valence-corrected chi connectivity index (χ0v) is 16.6. The number of nitrogens with zero attached hydrogens (tertiary/aromatic N) is 2. The molecule has 0 radical (unpaired) electrons. The molecule has 2 nitrogen and oxygen atoms in total. The van der Waals surface area contributed by atoms with Crippen LogP contribution in [0.3, 0.4) is 0 Å².